The molecule has 0 saturated carbocycles. The van der Waals surface area contributed by atoms with Gasteiger partial charge in [-0.3, -0.25) is 5.43 Å². The van der Waals surface area contributed by atoms with Gasteiger partial charge in [0.2, 0.25) is 5.95 Å². The lowest BCUT2D eigenvalue weighted by Gasteiger charge is -2.15. The van der Waals surface area contributed by atoms with Crippen LogP contribution in [0.5, 0.6) is 0 Å². The molecule has 2 aromatic heterocycles. The molecule has 1 atom stereocenters. The lowest BCUT2D eigenvalue weighted by molar-refractivity contribution is 0.897. The van der Waals surface area contributed by atoms with E-state index >= 15 is 0 Å². The third kappa shape index (κ3) is 2.92. The Morgan fingerprint density at radius 3 is 2.71 bits per heavy atom. The molecule has 0 saturated heterocycles. The third-order valence-corrected chi connectivity index (χ3v) is 4.52. The number of nitrogen functional groups attached to an aromatic ring is 1. The van der Waals surface area contributed by atoms with Gasteiger partial charge in [-0.15, -0.1) is 11.3 Å². The molecule has 0 bridgehead atoms. The fraction of sp³-hybridized carbons (Fsp3) is 0.143. The van der Waals surface area contributed by atoms with Crippen molar-refractivity contribution in [2.24, 2.45) is 5.84 Å². The van der Waals surface area contributed by atoms with Crippen LogP contribution in [0.4, 0.5) is 11.8 Å². The molecule has 3 aromatic rings. The molecule has 5 nitrogen and oxygen atoms in total. The summed E-state index contributed by atoms with van der Waals surface area (Å²) in [6.45, 7) is 2.06. The zero-order valence-electron chi connectivity index (χ0n) is 11.3. The van der Waals surface area contributed by atoms with E-state index in [1.165, 1.54) is 0 Å². The van der Waals surface area contributed by atoms with Crippen LogP contribution in [0.25, 0.3) is 10.9 Å². The van der Waals surface area contributed by atoms with Crippen LogP contribution in [0.2, 0.25) is 4.34 Å². The van der Waals surface area contributed by atoms with Gasteiger partial charge in [0.1, 0.15) is 5.82 Å². The first-order valence-electron chi connectivity index (χ1n) is 6.42. The smallest absolute Gasteiger partial charge is 0.239 e. The SMILES string of the molecule is CC(Nc1nc(NN)nc2ccccc12)c1ccc(Cl)s1. The Hall–Kier alpha value is -1.89. The highest BCUT2D eigenvalue weighted by Crippen LogP contribution is 2.30. The highest BCUT2D eigenvalue weighted by atomic mass is 35.5. The number of hydrogen-bond acceptors (Lipinski definition) is 6. The molecule has 0 fully saturated rings. The van der Waals surface area contributed by atoms with Crippen molar-refractivity contribution in [1.82, 2.24) is 9.97 Å². The van der Waals surface area contributed by atoms with Crippen LogP contribution < -0.4 is 16.6 Å². The van der Waals surface area contributed by atoms with Gasteiger partial charge in [0, 0.05) is 10.3 Å². The Kier molecular flexibility index (Phi) is 3.92. The zero-order valence-corrected chi connectivity index (χ0v) is 12.9. The Labute approximate surface area is 131 Å². The predicted molar refractivity (Wildman–Crippen MR) is 88.7 cm³/mol. The molecule has 0 aliphatic rings. The summed E-state index contributed by atoms with van der Waals surface area (Å²) in [5.41, 5.74) is 3.33. The van der Waals surface area contributed by atoms with Gasteiger partial charge in [0.05, 0.1) is 15.9 Å². The van der Waals surface area contributed by atoms with Gasteiger partial charge in [-0.2, -0.15) is 4.98 Å². The monoisotopic (exact) mass is 319 g/mol. The lowest BCUT2D eigenvalue weighted by atomic mass is 10.2. The summed E-state index contributed by atoms with van der Waals surface area (Å²) in [5, 5.41) is 4.34. The van der Waals surface area contributed by atoms with Gasteiger partial charge in [0.15, 0.2) is 0 Å². The van der Waals surface area contributed by atoms with Gasteiger partial charge >= 0.3 is 0 Å². The minimum atomic E-state index is 0.0893. The highest BCUT2D eigenvalue weighted by molar-refractivity contribution is 7.16. The summed E-state index contributed by atoms with van der Waals surface area (Å²) in [4.78, 5) is 9.88. The summed E-state index contributed by atoms with van der Waals surface area (Å²) in [6, 6.07) is 11.8. The maximum atomic E-state index is 5.99. The minimum Gasteiger partial charge on any atom is -0.362 e. The van der Waals surface area contributed by atoms with Crippen molar-refractivity contribution >= 4 is 45.6 Å². The average Bonchev–Trinajstić information content (AvgIpc) is 2.93. The molecule has 21 heavy (non-hydrogen) atoms. The molecule has 2 heterocycles. The Morgan fingerprint density at radius 1 is 1.19 bits per heavy atom. The van der Waals surface area contributed by atoms with Crippen LogP contribution in [0, 0.1) is 0 Å². The first-order chi connectivity index (χ1) is 10.2. The number of fused-ring (bicyclic) bond motifs is 1. The Balaban J connectivity index is 1.99. The van der Waals surface area contributed by atoms with E-state index in [4.69, 9.17) is 17.4 Å². The van der Waals surface area contributed by atoms with E-state index in [-0.39, 0.29) is 6.04 Å². The van der Waals surface area contributed by atoms with Gasteiger partial charge in [0.25, 0.3) is 0 Å². The molecule has 0 aliphatic carbocycles. The fourth-order valence-corrected chi connectivity index (χ4v) is 3.15. The first kappa shape index (κ1) is 14.1. The lowest BCUT2D eigenvalue weighted by Crippen LogP contribution is -2.13. The number of thiophene rings is 1. The van der Waals surface area contributed by atoms with Crippen molar-refractivity contribution in [1.29, 1.82) is 0 Å². The second-order valence-electron chi connectivity index (χ2n) is 4.57. The van der Waals surface area contributed by atoms with Crippen LogP contribution in [-0.4, -0.2) is 9.97 Å². The van der Waals surface area contributed by atoms with E-state index in [1.807, 2.05) is 36.4 Å². The molecule has 7 heteroatoms. The largest absolute Gasteiger partial charge is 0.362 e. The van der Waals surface area contributed by atoms with Gasteiger partial charge in [-0.05, 0) is 31.2 Å². The third-order valence-electron chi connectivity index (χ3n) is 3.11. The highest BCUT2D eigenvalue weighted by Gasteiger charge is 2.12. The van der Waals surface area contributed by atoms with Crippen molar-refractivity contribution in [3.05, 3.63) is 45.6 Å². The van der Waals surface area contributed by atoms with Crippen molar-refractivity contribution in [2.45, 2.75) is 13.0 Å². The van der Waals surface area contributed by atoms with E-state index < -0.39 is 0 Å². The maximum absolute atomic E-state index is 5.99. The minimum absolute atomic E-state index is 0.0893. The van der Waals surface area contributed by atoms with Crippen molar-refractivity contribution in [3.8, 4) is 0 Å². The van der Waals surface area contributed by atoms with Crippen LogP contribution >= 0.6 is 22.9 Å². The average molecular weight is 320 g/mol. The molecular weight excluding hydrogens is 306 g/mol. The van der Waals surface area contributed by atoms with Crippen LogP contribution in [0.3, 0.4) is 0 Å². The number of nitrogens with two attached hydrogens (primary N) is 1. The molecule has 1 unspecified atom stereocenters. The summed E-state index contributed by atoms with van der Waals surface area (Å²) in [5.74, 6) is 6.56. The normalized spacial score (nSPS) is 12.3. The van der Waals surface area contributed by atoms with Gasteiger partial charge in [-0.1, -0.05) is 23.7 Å². The van der Waals surface area contributed by atoms with Gasteiger partial charge in [-0.25, -0.2) is 10.8 Å². The quantitative estimate of drug-likeness (QED) is 0.503. The summed E-state index contributed by atoms with van der Waals surface area (Å²) in [6.07, 6.45) is 0. The molecule has 0 radical (unpaired) electrons. The molecule has 1 aromatic carbocycles. The van der Waals surface area contributed by atoms with E-state index in [9.17, 15) is 0 Å². The van der Waals surface area contributed by atoms with Crippen molar-refractivity contribution < 1.29 is 0 Å². The second kappa shape index (κ2) is 5.85. The topological polar surface area (TPSA) is 75.9 Å². The first-order valence-corrected chi connectivity index (χ1v) is 7.62. The Bertz CT molecular complexity index is 773. The van der Waals surface area contributed by atoms with Crippen LogP contribution in [0.1, 0.15) is 17.8 Å². The molecule has 4 N–H and O–H groups in total. The zero-order chi connectivity index (χ0) is 14.8. The van der Waals surface area contributed by atoms with Crippen molar-refractivity contribution in [3.63, 3.8) is 0 Å². The van der Waals surface area contributed by atoms with Crippen LogP contribution in [0.15, 0.2) is 36.4 Å². The second-order valence-corrected chi connectivity index (χ2v) is 6.31. The molecule has 0 amide bonds. The summed E-state index contributed by atoms with van der Waals surface area (Å²) < 4.78 is 0.774. The van der Waals surface area contributed by atoms with Gasteiger partial charge < -0.3 is 5.32 Å². The number of aromatic nitrogens is 2. The number of anilines is 2. The number of benzene rings is 1. The molecule has 108 valence electrons. The molecular formula is C14H14ClN5S. The summed E-state index contributed by atoms with van der Waals surface area (Å²) in [7, 11) is 0. The van der Waals surface area contributed by atoms with Crippen LogP contribution in [-0.2, 0) is 0 Å². The molecule has 0 aliphatic heterocycles. The number of hydrazine groups is 1. The predicted octanol–water partition coefficient (Wildman–Crippen LogP) is 3.80. The Morgan fingerprint density at radius 2 is 2.00 bits per heavy atom. The number of para-hydroxylation sites is 1. The van der Waals surface area contributed by atoms with Crippen molar-refractivity contribution in [2.75, 3.05) is 10.7 Å². The van der Waals surface area contributed by atoms with E-state index in [0.29, 0.717) is 5.95 Å². The fourth-order valence-electron chi connectivity index (χ4n) is 2.09. The number of halogens is 1. The number of nitrogens with one attached hydrogen (secondary N) is 2. The van der Waals surface area contributed by atoms with E-state index in [1.54, 1.807) is 11.3 Å². The van der Waals surface area contributed by atoms with E-state index in [2.05, 4.69) is 27.6 Å². The summed E-state index contributed by atoms with van der Waals surface area (Å²) >= 11 is 7.54. The molecule has 0 spiro atoms. The standard InChI is InChI=1S/C14H14ClN5S/c1-8(11-6-7-12(15)21-11)17-13-9-4-2-3-5-10(9)18-14(19-13)20-16/h2-8H,16H2,1H3,(H2,17,18,19,20). The number of rotatable bonds is 4. The number of nitrogens with zero attached hydrogens (tertiary/aromatic N) is 2. The number of hydrogen-bond donors (Lipinski definition) is 3. The maximum Gasteiger partial charge on any atom is 0.239 e. The molecule has 3 rings (SSSR count). The van der Waals surface area contributed by atoms with E-state index in [0.717, 1.165) is 25.9 Å².